The van der Waals surface area contributed by atoms with Crippen LogP contribution in [0.3, 0.4) is 0 Å². The van der Waals surface area contributed by atoms with E-state index in [1.54, 1.807) is 36.5 Å². The molecule has 0 aliphatic carbocycles. The second-order valence-corrected chi connectivity index (χ2v) is 8.59. The van der Waals surface area contributed by atoms with Crippen LogP contribution in [-0.2, 0) is 12.3 Å². The maximum absolute atomic E-state index is 12.9. The van der Waals surface area contributed by atoms with E-state index < -0.39 is 0 Å². The molecule has 0 aliphatic rings. The van der Waals surface area contributed by atoms with Gasteiger partial charge in [0.1, 0.15) is 5.56 Å². The Balaban J connectivity index is 1.52. The Kier molecular flexibility index (Phi) is 6.49. The molecule has 2 aromatic heterocycles. The van der Waals surface area contributed by atoms with Crippen molar-refractivity contribution in [2.75, 3.05) is 0 Å². The van der Waals surface area contributed by atoms with E-state index in [1.807, 2.05) is 24.3 Å². The Bertz CT molecular complexity index is 1240. The van der Waals surface area contributed by atoms with Gasteiger partial charge < -0.3 is 8.98 Å². The molecule has 0 atom stereocenters. The predicted molar refractivity (Wildman–Crippen MR) is 121 cm³/mol. The topological polar surface area (TPSA) is 60.9 Å². The maximum atomic E-state index is 12.9. The molecule has 4 rings (SSSR count). The lowest BCUT2D eigenvalue weighted by Crippen LogP contribution is -2.21. The molecule has 0 radical (unpaired) electrons. The summed E-state index contributed by atoms with van der Waals surface area (Å²) in [5, 5.41) is 10.2. The average Bonchev–Trinajstić information content (AvgIpc) is 3.20. The van der Waals surface area contributed by atoms with Crippen molar-refractivity contribution in [3.63, 3.8) is 0 Å². The number of hydrogen-bond acceptors (Lipinski definition) is 5. The second kappa shape index (κ2) is 9.27. The molecular weight excluding hydrogens is 465 g/mol. The fourth-order valence-corrected chi connectivity index (χ4v) is 4.07. The molecule has 0 aliphatic heterocycles. The van der Waals surface area contributed by atoms with Gasteiger partial charge in [0.05, 0.1) is 6.54 Å². The first kappa shape index (κ1) is 21.0. The van der Waals surface area contributed by atoms with Crippen LogP contribution in [0, 0.1) is 0 Å². The Morgan fingerprint density at radius 2 is 1.73 bits per heavy atom. The second-order valence-electron chi connectivity index (χ2n) is 6.38. The van der Waals surface area contributed by atoms with Gasteiger partial charge in [-0.25, -0.2) is 0 Å². The van der Waals surface area contributed by atoms with E-state index in [4.69, 9.17) is 39.2 Å². The first-order valence-corrected chi connectivity index (χ1v) is 11.0. The highest BCUT2D eigenvalue weighted by molar-refractivity contribution is 7.98. The van der Waals surface area contributed by atoms with Crippen LogP contribution in [0.2, 0.25) is 15.1 Å². The summed E-state index contributed by atoms with van der Waals surface area (Å²) in [6, 6.07) is 16.1. The van der Waals surface area contributed by atoms with Crippen LogP contribution in [0.4, 0.5) is 0 Å². The molecule has 152 valence electrons. The molecule has 4 aromatic rings. The molecule has 9 heteroatoms. The first-order chi connectivity index (χ1) is 14.5. The van der Waals surface area contributed by atoms with E-state index >= 15 is 0 Å². The predicted octanol–water partition coefficient (Wildman–Crippen LogP) is 6.20. The van der Waals surface area contributed by atoms with Crippen LogP contribution in [0.1, 0.15) is 11.1 Å². The molecule has 0 bridgehead atoms. The summed E-state index contributed by atoms with van der Waals surface area (Å²) in [6.07, 6.45) is 1.68. The van der Waals surface area contributed by atoms with Gasteiger partial charge in [-0.05, 0) is 47.5 Å². The number of thioether (sulfide) groups is 1. The maximum Gasteiger partial charge on any atom is 0.277 e. The van der Waals surface area contributed by atoms with Crippen molar-refractivity contribution in [1.29, 1.82) is 0 Å². The molecule has 0 saturated heterocycles. The Labute approximate surface area is 191 Å². The van der Waals surface area contributed by atoms with Crippen molar-refractivity contribution in [2.24, 2.45) is 0 Å². The number of rotatable bonds is 6. The minimum absolute atomic E-state index is 0.176. The van der Waals surface area contributed by atoms with Crippen molar-refractivity contribution in [2.45, 2.75) is 17.5 Å². The van der Waals surface area contributed by atoms with Crippen molar-refractivity contribution >= 4 is 46.6 Å². The summed E-state index contributed by atoms with van der Waals surface area (Å²) in [4.78, 5) is 12.9. The van der Waals surface area contributed by atoms with Crippen LogP contribution in [0.5, 0.6) is 0 Å². The molecule has 30 heavy (non-hydrogen) atoms. The summed E-state index contributed by atoms with van der Waals surface area (Å²) in [7, 11) is 0. The summed E-state index contributed by atoms with van der Waals surface area (Å²) >= 11 is 19.5. The van der Waals surface area contributed by atoms with E-state index in [0.717, 1.165) is 11.1 Å². The zero-order valence-corrected chi connectivity index (χ0v) is 18.5. The first-order valence-electron chi connectivity index (χ1n) is 8.84. The normalized spacial score (nSPS) is 11.0. The fourth-order valence-electron chi connectivity index (χ4n) is 2.76. The standard InChI is InChI=1S/C21H14Cl3N3O2S/c22-15-6-3-13(4-7-15)12-30-21-26-25-19(29-21)17-2-1-9-27(20(17)28)11-14-5-8-16(23)10-18(14)24/h1-10H,11-12H2. The third-order valence-electron chi connectivity index (χ3n) is 4.29. The van der Waals surface area contributed by atoms with Crippen molar-refractivity contribution in [3.05, 3.63) is 97.3 Å². The van der Waals surface area contributed by atoms with Gasteiger partial charge >= 0.3 is 0 Å². The largest absolute Gasteiger partial charge is 0.411 e. The van der Waals surface area contributed by atoms with Gasteiger partial charge in [0.2, 0.25) is 0 Å². The summed E-state index contributed by atoms with van der Waals surface area (Å²) < 4.78 is 7.24. The highest BCUT2D eigenvalue weighted by Crippen LogP contribution is 2.25. The molecule has 2 heterocycles. The SMILES string of the molecule is O=c1c(-c2nnc(SCc3ccc(Cl)cc3)o2)cccn1Cc1ccc(Cl)cc1Cl. The number of hydrogen-bond donors (Lipinski definition) is 0. The van der Waals surface area contributed by atoms with Crippen LogP contribution in [0.25, 0.3) is 11.5 Å². The molecule has 5 nitrogen and oxygen atoms in total. The van der Waals surface area contributed by atoms with Gasteiger partial charge in [0.15, 0.2) is 0 Å². The van der Waals surface area contributed by atoms with E-state index in [2.05, 4.69) is 10.2 Å². The van der Waals surface area contributed by atoms with Gasteiger partial charge in [0.25, 0.3) is 16.7 Å². The summed E-state index contributed by atoms with van der Waals surface area (Å²) in [5.41, 5.74) is 1.94. The third kappa shape index (κ3) is 4.90. The minimum Gasteiger partial charge on any atom is -0.411 e. The minimum atomic E-state index is -0.249. The van der Waals surface area contributed by atoms with E-state index in [1.165, 1.54) is 16.3 Å². The zero-order chi connectivity index (χ0) is 21.1. The lowest BCUT2D eigenvalue weighted by atomic mass is 10.2. The highest BCUT2D eigenvalue weighted by Gasteiger charge is 2.15. The van der Waals surface area contributed by atoms with Crippen molar-refractivity contribution < 1.29 is 4.42 Å². The van der Waals surface area contributed by atoms with Gasteiger partial charge in [0, 0.05) is 27.0 Å². The highest BCUT2D eigenvalue weighted by atomic mass is 35.5. The lowest BCUT2D eigenvalue weighted by Gasteiger charge is -2.08. The molecule has 0 spiro atoms. The molecule has 2 aromatic carbocycles. The molecule has 0 N–H and O–H groups in total. The van der Waals surface area contributed by atoms with Crippen molar-refractivity contribution in [3.8, 4) is 11.5 Å². The summed E-state index contributed by atoms with van der Waals surface area (Å²) in [5.74, 6) is 0.822. The molecule has 0 amide bonds. The molecular formula is C21H14Cl3N3O2S. The fraction of sp³-hybridized carbons (Fsp3) is 0.0952. The number of aromatic nitrogens is 3. The number of nitrogens with zero attached hydrogens (tertiary/aromatic N) is 3. The van der Waals surface area contributed by atoms with Crippen molar-refractivity contribution in [1.82, 2.24) is 14.8 Å². The van der Waals surface area contributed by atoms with Crippen LogP contribution < -0.4 is 5.56 Å². The van der Waals surface area contributed by atoms with Gasteiger partial charge in [-0.1, -0.05) is 64.8 Å². The average molecular weight is 479 g/mol. The van der Waals surface area contributed by atoms with Crippen LogP contribution in [0.15, 0.2) is 75.2 Å². The molecule has 0 unspecified atom stereocenters. The number of halogens is 3. The van der Waals surface area contributed by atoms with Gasteiger partial charge in [-0.15, -0.1) is 10.2 Å². The Hall–Kier alpha value is -2.25. The van der Waals surface area contributed by atoms with Gasteiger partial charge in [-0.3, -0.25) is 4.79 Å². The van der Waals surface area contributed by atoms with Gasteiger partial charge in [-0.2, -0.15) is 0 Å². The Morgan fingerprint density at radius 3 is 2.50 bits per heavy atom. The zero-order valence-electron chi connectivity index (χ0n) is 15.4. The lowest BCUT2D eigenvalue weighted by molar-refractivity contribution is 0.465. The quantitative estimate of drug-likeness (QED) is 0.309. The van der Waals surface area contributed by atoms with Crippen LogP contribution in [-0.4, -0.2) is 14.8 Å². The van der Waals surface area contributed by atoms with E-state index in [-0.39, 0.29) is 11.4 Å². The number of benzene rings is 2. The van der Waals surface area contributed by atoms with Crippen LogP contribution >= 0.6 is 46.6 Å². The van der Waals surface area contributed by atoms with E-state index in [0.29, 0.717) is 38.2 Å². The Morgan fingerprint density at radius 1 is 0.967 bits per heavy atom. The number of pyridine rings is 1. The monoisotopic (exact) mass is 477 g/mol. The van der Waals surface area contributed by atoms with E-state index in [9.17, 15) is 4.79 Å². The summed E-state index contributed by atoms with van der Waals surface area (Å²) in [6.45, 7) is 0.301. The smallest absolute Gasteiger partial charge is 0.277 e. The molecule has 0 fully saturated rings. The third-order valence-corrected chi connectivity index (χ3v) is 6.02. The molecule has 0 saturated carbocycles.